The fraction of sp³-hybridized carbons (Fsp3) is 0.400. The van der Waals surface area contributed by atoms with Crippen molar-refractivity contribution in [1.29, 1.82) is 0 Å². The van der Waals surface area contributed by atoms with Crippen molar-refractivity contribution < 1.29 is 4.39 Å². The van der Waals surface area contributed by atoms with E-state index in [4.69, 9.17) is 17.3 Å². The van der Waals surface area contributed by atoms with Crippen LogP contribution in [0.5, 0.6) is 0 Å². The van der Waals surface area contributed by atoms with Gasteiger partial charge in [0.1, 0.15) is 23.2 Å². The van der Waals surface area contributed by atoms with Crippen LogP contribution in [0.2, 0.25) is 5.02 Å². The first kappa shape index (κ1) is 14.9. The molecule has 0 saturated heterocycles. The maximum absolute atomic E-state index is 14.0. The van der Waals surface area contributed by atoms with Gasteiger partial charge in [-0.15, -0.1) is 0 Å². The molecule has 5 heteroatoms. The molecule has 0 aliphatic rings. The predicted octanol–water partition coefficient (Wildman–Crippen LogP) is 4.14. The summed E-state index contributed by atoms with van der Waals surface area (Å²) >= 11 is 5.94. The quantitative estimate of drug-likeness (QED) is 0.921. The fourth-order valence-corrected chi connectivity index (χ4v) is 2.40. The maximum Gasteiger partial charge on any atom is 0.132 e. The number of imidazole rings is 1. The lowest BCUT2D eigenvalue weighted by Gasteiger charge is -2.11. The van der Waals surface area contributed by atoms with Gasteiger partial charge in [0, 0.05) is 23.6 Å². The first-order valence-electron chi connectivity index (χ1n) is 6.74. The van der Waals surface area contributed by atoms with Gasteiger partial charge in [-0.3, -0.25) is 0 Å². The molecule has 0 radical (unpaired) electrons. The molecular formula is C15H19ClFN3. The van der Waals surface area contributed by atoms with E-state index in [0.717, 1.165) is 18.8 Å². The Bertz CT molecular complexity index is 620. The van der Waals surface area contributed by atoms with Crippen LogP contribution in [0.4, 0.5) is 10.2 Å². The van der Waals surface area contributed by atoms with Crippen LogP contribution in [-0.4, -0.2) is 9.55 Å². The molecule has 2 N–H and O–H groups in total. The molecular weight excluding hydrogens is 277 g/mol. The van der Waals surface area contributed by atoms with Crippen molar-refractivity contribution in [3.8, 4) is 11.3 Å². The van der Waals surface area contributed by atoms with E-state index < -0.39 is 0 Å². The maximum atomic E-state index is 14.0. The smallest absolute Gasteiger partial charge is 0.132 e. The van der Waals surface area contributed by atoms with E-state index in [9.17, 15) is 4.39 Å². The summed E-state index contributed by atoms with van der Waals surface area (Å²) in [5.41, 5.74) is 7.00. The number of anilines is 1. The normalized spacial score (nSPS) is 11.3. The van der Waals surface area contributed by atoms with E-state index in [2.05, 4.69) is 18.8 Å². The van der Waals surface area contributed by atoms with E-state index in [1.807, 2.05) is 11.5 Å². The van der Waals surface area contributed by atoms with Crippen molar-refractivity contribution in [3.63, 3.8) is 0 Å². The van der Waals surface area contributed by atoms with E-state index in [1.165, 1.54) is 12.1 Å². The van der Waals surface area contributed by atoms with Crippen molar-refractivity contribution in [2.24, 2.45) is 5.92 Å². The molecule has 1 aromatic carbocycles. The second-order valence-corrected chi connectivity index (χ2v) is 5.68. The summed E-state index contributed by atoms with van der Waals surface area (Å²) in [4.78, 5) is 4.49. The Kier molecular flexibility index (Phi) is 4.33. The van der Waals surface area contributed by atoms with E-state index in [1.54, 1.807) is 6.07 Å². The first-order chi connectivity index (χ1) is 9.43. The third-order valence-corrected chi connectivity index (χ3v) is 3.37. The van der Waals surface area contributed by atoms with Gasteiger partial charge in [0.25, 0.3) is 0 Å². The van der Waals surface area contributed by atoms with Crippen LogP contribution in [0.15, 0.2) is 18.2 Å². The number of aryl methyl sites for hydroxylation is 1. The molecule has 1 heterocycles. The van der Waals surface area contributed by atoms with Crippen LogP contribution >= 0.6 is 11.6 Å². The molecule has 2 rings (SSSR count). The molecule has 0 atom stereocenters. The summed E-state index contributed by atoms with van der Waals surface area (Å²) in [6.45, 7) is 7.00. The minimum absolute atomic E-state index is 0.354. The van der Waals surface area contributed by atoms with Gasteiger partial charge in [-0.05, 0) is 24.1 Å². The Labute approximate surface area is 123 Å². The van der Waals surface area contributed by atoms with Crippen LogP contribution in [-0.2, 0) is 13.0 Å². The molecule has 1 aromatic heterocycles. The van der Waals surface area contributed by atoms with Crippen molar-refractivity contribution in [2.75, 3.05) is 5.73 Å². The van der Waals surface area contributed by atoms with Crippen molar-refractivity contribution in [3.05, 3.63) is 34.9 Å². The Hall–Kier alpha value is -1.55. The largest absolute Gasteiger partial charge is 0.383 e. The van der Waals surface area contributed by atoms with Gasteiger partial charge in [0.15, 0.2) is 0 Å². The van der Waals surface area contributed by atoms with Crippen LogP contribution in [0, 0.1) is 11.7 Å². The third kappa shape index (κ3) is 2.80. The molecule has 3 nitrogen and oxygen atoms in total. The van der Waals surface area contributed by atoms with Gasteiger partial charge < -0.3 is 10.3 Å². The molecule has 0 fully saturated rings. The standard InChI is InChI=1S/C15H19ClFN3/c1-4-13-19-14(15(18)20(13)8-9(2)3)11-7-10(16)5-6-12(11)17/h5-7,9H,4,8,18H2,1-3H3. The summed E-state index contributed by atoms with van der Waals surface area (Å²) in [5.74, 6) is 1.44. The molecule has 0 amide bonds. The molecule has 108 valence electrons. The first-order valence-corrected chi connectivity index (χ1v) is 7.12. The van der Waals surface area contributed by atoms with Crippen molar-refractivity contribution in [1.82, 2.24) is 9.55 Å². The Balaban J connectivity index is 2.57. The van der Waals surface area contributed by atoms with Crippen molar-refractivity contribution in [2.45, 2.75) is 33.7 Å². The average molecular weight is 296 g/mol. The highest BCUT2D eigenvalue weighted by Crippen LogP contribution is 2.31. The Morgan fingerprint density at radius 1 is 1.40 bits per heavy atom. The number of rotatable bonds is 4. The summed E-state index contributed by atoms with van der Waals surface area (Å²) in [6.07, 6.45) is 0.749. The molecule has 0 aliphatic carbocycles. The Morgan fingerprint density at radius 3 is 2.70 bits per heavy atom. The topological polar surface area (TPSA) is 43.8 Å². The molecule has 0 bridgehead atoms. The van der Waals surface area contributed by atoms with E-state index >= 15 is 0 Å². The van der Waals surface area contributed by atoms with Crippen LogP contribution < -0.4 is 5.73 Å². The summed E-state index contributed by atoms with van der Waals surface area (Å²) < 4.78 is 15.9. The van der Waals surface area contributed by atoms with Crippen LogP contribution in [0.25, 0.3) is 11.3 Å². The number of hydrogen-bond acceptors (Lipinski definition) is 2. The average Bonchev–Trinajstić information content (AvgIpc) is 2.69. The van der Waals surface area contributed by atoms with Gasteiger partial charge >= 0.3 is 0 Å². The Morgan fingerprint density at radius 2 is 2.10 bits per heavy atom. The second-order valence-electron chi connectivity index (χ2n) is 5.24. The number of halogens is 2. The monoisotopic (exact) mass is 295 g/mol. The molecule has 20 heavy (non-hydrogen) atoms. The minimum atomic E-state index is -0.363. The zero-order valence-corrected chi connectivity index (χ0v) is 12.7. The molecule has 2 aromatic rings. The molecule has 0 unspecified atom stereocenters. The molecule has 0 spiro atoms. The zero-order chi connectivity index (χ0) is 14.9. The predicted molar refractivity (Wildman–Crippen MR) is 81.3 cm³/mol. The lowest BCUT2D eigenvalue weighted by Crippen LogP contribution is -2.11. The summed E-state index contributed by atoms with van der Waals surface area (Å²) in [5, 5.41) is 0.470. The van der Waals surface area contributed by atoms with E-state index in [0.29, 0.717) is 28.0 Å². The summed E-state index contributed by atoms with van der Waals surface area (Å²) in [6, 6.07) is 4.42. The number of nitrogen functional groups attached to an aromatic ring is 1. The number of hydrogen-bond donors (Lipinski definition) is 1. The zero-order valence-electron chi connectivity index (χ0n) is 12.0. The lowest BCUT2D eigenvalue weighted by atomic mass is 10.1. The number of nitrogens with zero attached hydrogens (tertiary/aromatic N) is 2. The van der Waals surface area contributed by atoms with Gasteiger partial charge in [-0.1, -0.05) is 32.4 Å². The second kappa shape index (κ2) is 5.83. The highest BCUT2D eigenvalue weighted by molar-refractivity contribution is 6.30. The minimum Gasteiger partial charge on any atom is -0.383 e. The lowest BCUT2D eigenvalue weighted by molar-refractivity contribution is 0.513. The third-order valence-electron chi connectivity index (χ3n) is 3.13. The molecule has 0 saturated carbocycles. The SMILES string of the molecule is CCc1nc(-c2cc(Cl)ccc2F)c(N)n1CC(C)C. The number of aromatic nitrogens is 2. The van der Waals surface area contributed by atoms with Crippen LogP contribution in [0.1, 0.15) is 26.6 Å². The van der Waals surface area contributed by atoms with E-state index in [-0.39, 0.29) is 5.82 Å². The molecule has 0 aliphatic heterocycles. The highest BCUT2D eigenvalue weighted by atomic mass is 35.5. The highest BCUT2D eigenvalue weighted by Gasteiger charge is 2.18. The van der Waals surface area contributed by atoms with Gasteiger partial charge in [0.2, 0.25) is 0 Å². The van der Waals surface area contributed by atoms with Gasteiger partial charge in [0.05, 0.1) is 0 Å². The van der Waals surface area contributed by atoms with Gasteiger partial charge in [-0.25, -0.2) is 9.37 Å². The number of nitrogens with two attached hydrogens (primary N) is 1. The summed E-state index contributed by atoms with van der Waals surface area (Å²) in [7, 11) is 0. The van der Waals surface area contributed by atoms with Gasteiger partial charge in [-0.2, -0.15) is 0 Å². The van der Waals surface area contributed by atoms with Crippen molar-refractivity contribution >= 4 is 17.4 Å². The van der Waals surface area contributed by atoms with Crippen LogP contribution in [0.3, 0.4) is 0 Å². The number of benzene rings is 1. The fourth-order valence-electron chi connectivity index (χ4n) is 2.23.